The second kappa shape index (κ2) is 8.21. The van der Waals surface area contributed by atoms with Crippen LogP contribution in [-0.4, -0.2) is 41.6 Å². The monoisotopic (exact) mass is 378 g/mol. The zero-order valence-corrected chi connectivity index (χ0v) is 15.6. The first-order valence-electron chi connectivity index (χ1n) is 8.13. The van der Waals surface area contributed by atoms with Crippen LogP contribution in [0.15, 0.2) is 48.5 Å². The molecule has 2 aromatic carbocycles. The largest absolute Gasteiger partial charge is 0.325 e. The van der Waals surface area contributed by atoms with Crippen LogP contribution < -0.4 is 0 Å². The topological polar surface area (TPSA) is 23.6 Å². The third-order valence-electron chi connectivity index (χ3n) is 4.13. The lowest BCUT2D eigenvalue weighted by Gasteiger charge is -2.27. The van der Waals surface area contributed by atoms with Crippen LogP contribution in [0.3, 0.4) is 0 Å². The van der Waals surface area contributed by atoms with E-state index in [0.29, 0.717) is 18.1 Å². The van der Waals surface area contributed by atoms with Crippen molar-refractivity contribution in [1.29, 1.82) is 0 Å². The Balaban J connectivity index is 1.65. The number of carbonyl (C=O) groups excluding carboxylic acids is 1. The zero-order chi connectivity index (χ0) is 17.8. The fourth-order valence-corrected chi connectivity index (χ4v) is 4.60. The highest BCUT2D eigenvalue weighted by Crippen LogP contribution is 2.40. The van der Waals surface area contributed by atoms with E-state index in [1.54, 1.807) is 17.8 Å². The van der Waals surface area contributed by atoms with Gasteiger partial charge < -0.3 is 4.90 Å². The summed E-state index contributed by atoms with van der Waals surface area (Å²) in [6.07, 6.45) is 0. The van der Waals surface area contributed by atoms with E-state index in [9.17, 15) is 9.18 Å². The minimum absolute atomic E-state index is 0.0382. The maximum absolute atomic E-state index is 13.3. The number of benzene rings is 2. The number of halogens is 2. The number of rotatable bonds is 5. The van der Waals surface area contributed by atoms with Crippen molar-refractivity contribution in [3.63, 3.8) is 0 Å². The Bertz CT molecular complexity index is 758. The summed E-state index contributed by atoms with van der Waals surface area (Å²) < 4.78 is 13.3. The van der Waals surface area contributed by atoms with Gasteiger partial charge in [0.15, 0.2) is 0 Å². The van der Waals surface area contributed by atoms with Gasteiger partial charge in [-0.25, -0.2) is 4.39 Å². The molecule has 6 heteroatoms. The van der Waals surface area contributed by atoms with E-state index >= 15 is 0 Å². The molecule has 1 atom stereocenters. The standard InChI is InChI=1S/C19H20ClFN2OS/c1-22(12-14-5-4-6-15(21)11-14)13-18(24)23-9-10-25-19(23)16-7-2-3-8-17(16)20/h2-8,11,19H,9-10,12-13H2,1H3. The number of hydrogen-bond acceptors (Lipinski definition) is 3. The quantitative estimate of drug-likeness (QED) is 0.779. The lowest BCUT2D eigenvalue weighted by molar-refractivity contribution is -0.132. The van der Waals surface area contributed by atoms with Gasteiger partial charge in [0.25, 0.3) is 0 Å². The highest BCUT2D eigenvalue weighted by molar-refractivity contribution is 7.99. The highest BCUT2D eigenvalue weighted by atomic mass is 35.5. The molecule has 25 heavy (non-hydrogen) atoms. The molecule has 1 aliphatic rings. The SMILES string of the molecule is CN(CC(=O)N1CCSC1c1ccccc1Cl)Cc1cccc(F)c1. The number of hydrogen-bond donors (Lipinski definition) is 0. The average molecular weight is 379 g/mol. The van der Waals surface area contributed by atoms with Gasteiger partial charge in [0.05, 0.1) is 6.54 Å². The fraction of sp³-hybridized carbons (Fsp3) is 0.316. The molecule has 1 saturated heterocycles. The predicted octanol–water partition coefficient (Wildman–Crippen LogP) is 4.19. The van der Waals surface area contributed by atoms with Crippen LogP contribution in [-0.2, 0) is 11.3 Å². The van der Waals surface area contributed by atoms with Crippen molar-refractivity contribution in [2.75, 3.05) is 25.9 Å². The van der Waals surface area contributed by atoms with E-state index in [1.165, 1.54) is 12.1 Å². The summed E-state index contributed by atoms with van der Waals surface area (Å²) in [6.45, 7) is 1.53. The van der Waals surface area contributed by atoms with Gasteiger partial charge in [-0.15, -0.1) is 11.8 Å². The number of carbonyl (C=O) groups is 1. The van der Waals surface area contributed by atoms with E-state index in [2.05, 4.69) is 0 Å². The molecule has 0 aliphatic carbocycles. The molecular formula is C19H20ClFN2OS. The summed E-state index contributed by atoms with van der Waals surface area (Å²) in [5.74, 6) is 0.704. The summed E-state index contributed by atoms with van der Waals surface area (Å²) in [6, 6.07) is 14.1. The van der Waals surface area contributed by atoms with Crippen LogP contribution in [0.2, 0.25) is 5.02 Å². The Hall–Kier alpha value is -1.56. The summed E-state index contributed by atoms with van der Waals surface area (Å²) in [7, 11) is 1.87. The number of thioether (sulfide) groups is 1. The van der Waals surface area contributed by atoms with Gasteiger partial charge in [-0.3, -0.25) is 9.69 Å². The van der Waals surface area contributed by atoms with Gasteiger partial charge in [0.1, 0.15) is 11.2 Å². The Morgan fingerprint density at radius 3 is 2.88 bits per heavy atom. The lowest BCUT2D eigenvalue weighted by atomic mass is 10.2. The average Bonchev–Trinajstić information content (AvgIpc) is 3.04. The summed E-state index contributed by atoms with van der Waals surface area (Å²) in [5.41, 5.74) is 1.83. The van der Waals surface area contributed by atoms with E-state index in [1.807, 2.05) is 47.2 Å². The molecule has 1 unspecified atom stereocenters. The minimum Gasteiger partial charge on any atom is -0.325 e. The smallest absolute Gasteiger partial charge is 0.237 e. The molecule has 0 radical (unpaired) electrons. The van der Waals surface area contributed by atoms with Crippen LogP contribution in [0.5, 0.6) is 0 Å². The van der Waals surface area contributed by atoms with Crippen molar-refractivity contribution < 1.29 is 9.18 Å². The molecule has 1 heterocycles. The van der Waals surface area contributed by atoms with Crippen molar-refractivity contribution in [3.05, 3.63) is 70.5 Å². The molecule has 1 aliphatic heterocycles. The van der Waals surface area contributed by atoms with Crippen LogP contribution in [0, 0.1) is 5.82 Å². The second-order valence-corrected chi connectivity index (χ2v) is 7.73. The van der Waals surface area contributed by atoms with Crippen molar-refractivity contribution in [2.24, 2.45) is 0 Å². The molecule has 0 spiro atoms. The highest BCUT2D eigenvalue weighted by Gasteiger charge is 2.32. The van der Waals surface area contributed by atoms with Gasteiger partial charge in [-0.05, 0) is 30.8 Å². The first-order valence-corrected chi connectivity index (χ1v) is 9.56. The van der Waals surface area contributed by atoms with Crippen molar-refractivity contribution in [2.45, 2.75) is 11.9 Å². The number of likely N-dealkylation sites (N-methyl/N-ethyl adjacent to an activating group) is 1. The summed E-state index contributed by atoms with van der Waals surface area (Å²) >= 11 is 8.04. The number of amides is 1. The van der Waals surface area contributed by atoms with Crippen LogP contribution >= 0.6 is 23.4 Å². The molecular weight excluding hydrogens is 359 g/mol. The molecule has 1 fully saturated rings. The van der Waals surface area contributed by atoms with Gasteiger partial charge in [-0.1, -0.05) is 41.9 Å². The molecule has 0 aromatic heterocycles. The molecule has 0 bridgehead atoms. The Morgan fingerprint density at radius 1 is 1.32 bits per heavy atom. The summed E-state index contributed by atoms with van der Waals surface area (Å²) in [4.78, 5) is 16.6. The lowest BCUT2D eigenvalue weighted by Crippen LogP contribution is -2.38. The van der Waals surface area contributed by atoms with Crippen molar-refractivity contribution >= 4 is 29.3 Å². The summed E-state index contributed by atoms with van der Waals surface area (Å²) in [5, 5.41) is 0.650. The molecule has 132 valence electrons. The Morgan fingerprint density at radius 2 is 2.12 bits per heavy atom. The minimum atomic E-state index is -0.257. The third-order valence-corrected chi connectivity index (χ3v) is 5.72. The number of nitrogens with zero attached hydrogens (tertiary/aromatic N) is 2. The van der Waals surface area contributed by atoms with Gasteiger partial charge in [0.2, 0.25) is 5.91 Å². The predicted molar refractivity (Wildman–Crippen MR) is 101 cm³/mol. The fourth-order valence-electron chi connectivity index (χ4n) is 2.98. The first-order chi connectivity index (χ1) is 12.0. The molecule has 3 rings (SSSR count). The van der Waals surface area contributed by atoms with Crippen molar-refractivity contribution in [1.82, 2.24) is 9.80 Å². The maximum Gasteiger partial charge on any atom is 0.237 e. The molecule has 0 N–H and O–H groups in total. The molecule has 1 amide bonds. The normalized spacial score (nSPS) is 17.3. The van der Waals surface area contributed by atoms with Crippen molar-refractivity contribution in [3.8, 4) is 0 Å². The van der Waals surface area contributed by atoms with Crippen LogP contribution in [0.1, 0.15) is 16.5 Å². The Labute approximate surface area is 156 Å². The van der Waals surface area contributed by atoms with Gasteiger partial charge in [-0.2, -0.15) is 0 Å². The van der Waals surface area contributed by atoms with Crippen LogP contribution in [0.25, 0.3) is 0 Å². The molecule has 3 nitrogen and oxygen atoms in total. The van der Waals surface area contributed by atoms with E-state index in [4.69, 9.17) is 11.6 Å². The van der Waals surface area contributed by atoms with E-state index in [-0.39, 0.29) is 23.6 Å². The Kier molecular flexibility index (Phi) is 5.99. The first kappa shape index (κ1) is 18.2. The van der Waals surface area contributed by atoms with Gasteiger partial charge >= 0.3 is 0 Å². The maximum atomic E-state index is 13.3. The molecule has 0 saturated carbocycles. The third kappa shape index (κ3) is 4.54. The van der Waals surface area contributed by atoms with E-state index < -0.39 is 0 Å². The van der Waals surface area contributed by atoms with Gasteiger partial charge in [0, 0.05) is 29.4 Å². The molecule has 2 aromatic rings. The van der Waals surface area contributed by atoms with E-state index in [0.717, 1.165) is 16.9 Å². The van der Waals surface area contributed by atoms with Crippen LogP contribution in [0.4, 0.5) is 4.39 Å². The zero-order valence-electron chi connectivity index (χ0n) is 14.0. The second-order valence-electron chi connectivity index (χ2n) is 6.13.